The SMILES string of the molecule is CC1CC(NC(=O)CCSc2ccccc2Cl)CCN1.Cl. The molecular formula is C15H22Cl2N2OS. The first kappa shape index (κ1) is 18.6. The molecule has 0 aromatic heterocycles. The minimum absolute atomic E-state index is 0. The van der Waals surface area contributed by atoms with Gasteiger partial charge in [0.05, 0.1) is 5.02 Å². The number of halogens is 2. The second kappa shape index (κ2) is 9.57. The van der Waals surface area contributed by atoms with Gasteiger partial charge in [0.15, 0.2) is 0 Å². The number of hydrogen-bond acceptors (Lipinski definition) is 3. The highest BCUT2D eigenvalue weighted by molar-refractivity contribution is 7.99. The maximum Gasteiger partial charge on any atom is 0.221 e. The molecule has 0 spiro atoms. The van der Waals surface area contributed by atoms with E-state index in [2.05, 4.69) is 17.6 Å². The molecule has 1 aliphatic rings. The number of benzene rings is 1. The molecule has 1 aromatic rings. The number of rotatable bonds is 5. The molecule has 1 amide bonds. The summed E-state index contributed by atoms with van der Waals surface area (Å²) in [7, 11) is 0. The lowest BCUT2D eigenvalue weighted by Crippen LogP contribution is -2.46. The predicted octanol–water partition coefficient (Wildman–Crippen LogP) is 3.50. The van der Waals surface area contributed by atoms with Gasteiger partial charge in [-0.05, 0) is 38.4 Å². The Morgan fingerprint density at radius 1 is 1.48 bits per heavy atom. The Hall–Kier alpha value is -0.420. The molecule has 0 aliphatic carbocycles. The summed E-state index contributed by atoms with van der Waals surface area (Å²) in [6, 6.07) is 8.55. The van der Waals surface area contributed by atoms with Crippen LogP contribution < -0.4 is 10.6 Å². The van der Waals surface area contributed by atoms with Crippen LogP contribution in [0.3, 0.4) is 0 Å². The molecule has 1 aliphatic heterocycles. The van der Waals surface area contributed by atoms with Gasteiger partial charge < -0.3 is 10.6 Å². The molecule has 2 atom stereocenters. The molecule has 2 unspecified atom stereocenters. The van der Waals surface area contributed by atoms with Crippen molar-refractivity contribution in [3.05, 3.63) is 29.3 Å². The van der Waals surface area contributed by atoms with Crippen LogP contribution in [0.2, 0.25) is 5.02 Å². The van der Waals surface area contributed by atoms with E-state index >= 15 is 0 Å². The third kappa shape index (κ3) is 6.47. The van der Waals surface area contributed by atoms with Gasteiger partial charge in [-0.1, -0.05) is 23.7 Å². The van der Waals surface area contributed by atoms with Crippen LogP contribution >= 0.6 is 35.8 Å². The standard InChI is InChI=1S/C15H21ClN2OS.ClH/c1-11-10-12(6-8-17-11)18-15(19)7-9-20-14-5-3-2-4-13(14)16;/h2-5,11-12,17H,6-10H2,1H3,(H,18,19);1H. The van der Waals surface area contributed by atoms with Crippen LogP contribution in [0.1, 0.15) is 26.2 Å². The van der Waals surface area contributed by atoms with E-state index in [4.69, 9.17) is 11.6 Å². The van der Waals surface area contributed by atoms with E-state index in [1.807, 2.05) is 24.3 Å². The molecule has 1 heterocycles. The van der Waals surface area contributed by atoms with Crippen molar-refractivity contribution in [1.29, 1.82) is 0 Å². The van der Waals surface area contributed by atoms with Crippen molar-refractivity contribution in [3.8, 4) is 0 Å². The molecule has 2 rings (SSSR count). The molecule has 1 aromatic carbocycles. The molecule has 3 nitrogen and oxygen atoms in total. The molecule has 118 valence electrons. The van der Waals surface area contributed by atoms with Gasteiger partial charge in [0.2, 0.25) is 5.91 Å². The quantitative estimate of drug-likeness (QED) is 0.800. The normalized spacial score (nSPS) is 21.4. The van der Waals surface area contributed by atoms with E-state index in [-0.39, 0.29) is 18.3 Å². The predicted molar refractivity (Wildman–Crippen MR) is 92.7 cm³/mol. The van der Waals surface area contributed by atoms with Crippen LogP contribution in [0.4, 0.5) is 0 Å². The van der Waals surface area contributed by atoms with E-state index in [0.717, 1.165) is 35.1 Å². The minimum atomic E-state index is 0. The number of carbonyl (C=O) groups excluding carboxylic acids is 1. The third-order valence-electron chi connectivity index (χ3n) is 3.41. The van der Waals surface area contributed by atoms with Gasteiger partial charge >= 0.3 is 0 Å². The first-order chi connectivity index (χ1) is 9.65. The number of amides is 1. The van der Waals surface area contributed by atoms with Crippen LogP contribution in [0.15, 0.2) is 29.2 Å². The van der Waals surface area contributed by atoms with Gasteiger partial charge in [0.25, 0.3) is 0 Å². The van der Waals surface area contributed by atoms with Gasteiger partial charge in [0.1, 0.15) is 0 Å². The smallest absolute Gasteiger partial charge is 0.221 e. The lowest BCUT2D eigenvalue weighted by atomic mass is 10.0. The first-order valence-corrected chi connectivity index (χ1v) is 8.41. The van der Waals surface area contributed by atoms with Gasteiger partial charge in [0, 0.05) is 29.2 Å². The fourth-order valence-corrected chi connectivity index (χ4v) is 3.57. The van der Waals surface area contributed by atoms with Crippen LogP contribution in [-0.4, -0.2) is 30.3 Å². The Morgan fingerprint density at radius 3 is 2.95 bits per heavy atom. The molecule has 0 radical (unpaired) electrons. The number of piperidine rings is 1. The van der Waals surface area contributed by atoms with Crippen LogP contribution in [0, 0.1) is 0 Å². The van der Waals surface area contributed by atoms with Crippen molar-refractivity contribution in [2.75, 3.05) is 12.3 Å². The lowest BCUT2D eigenvalue weighted by molar-refractivity contribution is -0.121. The average Bonchev–Trinajstić information content (AvgIpc) is 2.41. The molecule has 0 bridgehead atoms. The highest BCUT2D eigenvalue weighted by atomic mass is 35.5. The molecule has 0 saturated carbocycles. The Morgan fingerprint density at radius 2 is 2.24 bits per heavy atom. The van der Waals surface area contributed by atoms with Gasteiger partial charge in [-0.2, -0.15) is 0 Å². The third-order valence-corrected chi connectivity index (χ3v) is 4.93. The summed E-state index contributed by atoms with van der Waals surface area (Å²) in [5.74, 6) is 0.902. The Bertz CT molecular complexity index is 459. The maximum absolute atomic E-state index is 11.9. The molecule has 6 heteroatoms. The lowest BCUT2D eigenvalue weighted by Gasteiger charge is -2.28. The molecular weight excluding hydrogens is 327 g/mol. The highest BCUT2D eigenvalue weighted by Crippen LogP contribution is 2.26. The van der Waals surface area contributed by atoms with E-state index in [0.29, 0.717) is 18.5 Å². The maximum atomic E-state index is 11.9. The Labute approximate surface area is 142 Å². The summed E-state index contributed by atoms with van der Waals surface area (Å²) in [5.41, 5.74) is 0. The molecule has 1 saturated heterocycles. The zero-order valence-electron chi connectivity index (χ0n) is 12.1. The molecule has 21 heavy (non-hydrogen) atoms. The first-order valence-electron chi connectivity index (χ1n) is 7.05. The van der Waals surface area contributed by atoms with Crippen LogP contribution in [0.5, 0.6) is 0 Å². The summed E-state index contributed by atoms with van der Waals surface area (Å²) in [4.78, 5) is 13.0. The molecule has 2 N–H and O–H groups in total. The van der Waals surface area contributed by atoms with Crippen molar-refractivity contribution < 1.29 is 4.79 Å². The monoisotopic (exact) mass is 348 g/mol. The summed E-state index contributed by atoms with van der Waals surface area (Å²) < 4.78 is 0. The summed E-state index contributed by atoms with van der Waals surface area (Å²) >= 11 is 7.72. The van der Waals surface area contributed by atoms with E-state index in [1.165, 1.54) is 0 Å². The fourth-order valence-electron chi connectivity index (χ4n) is 2.38. The zero-order valence-corrected chi connectivity index (χ0v) is 14.5. The average molecular weight is 349 g/mol. The van der Waals surface area contributed by atoms with Crippen molar-refractivity contribution in [3.63, 3.8) is 0 Å². The second-order valence-electron chi connectivity index (χ2n) is 5.17. The minimum Gasteiger partial charge on any atom is -0.353 e. The van der Waals surface area contributed by atoms with Gasteiger partial charge in [-0.25, -0.2) is 0 Å². The van der Waals surface area contributed by atoms with Gasteiger partial charge in [-0.3, -0.25) is 4.79 Å². The number of hydrogen-bond donors (Lipinski definition) is 2. The van der Waals surface area contributed by atoms with Crippen LogP contribution in [-0.2, 0) is 4.79 Å². The molecule has 1 fully saturated rings. The van der Waals surface area contributed by atoms with E-state index < -0.39 is 0 Å². The van der Waals surface area contributed by atoms with E-state index in [9.17, 15) is 4.79 Å². The van der Waals surface area contributed by atoms with Crippen molar-refractivity contribution >= 4 is 41.7 Å². The summed E-state index contributed by atoms with van der Waals surface area (Å²) in [5, 5.41) is 7.27. The van der Waals surface area contributed by atoms with Gasteiger partial charge in [-0.15, -0.1) is 24.2 Å². The number of thioether (sulfide) groups is 1. The summed E-state index contributed by atoms with van der Waals surface area (Å²) in [6.07, 6.45) is 2.57. The van der Waals surface area contributed by atoms with Crippen LogP contribution in [0.25, 0.3) is 0 Å². The fraction of sp³-hybridized carbons (Fsp3) is 0.533. The zero-order chi connectivity index (χ0) is 14.4. The second-order valence-corrected chi connectivity index (χ2v) is 6.72. The topological polar surface area (TPSA) is 41.1 Å². The Balaban J connectivity index is 0.00000220. The van der Waals surface area contributed by atoms with E-state index in [1.54, 1.807) is 11.8 Å². The highest BCUT2D eigenvalue weighted by Gasteiger charge is 2.19. The number of nitrogens with one attached hydrogen (secondary N) is 2. The Kier molecular flexibility index (Phi) is 8.49. The number of carbonyl (C=O) groups is 1. The van der Waals surface area contributed by atoms with Crippen molar-refractivity contribution in [2.45, 2.75) is 43.2 Å². The van der Waals surface area contributed by atoms with Crippen molar-refractivity contribution in [1.82, 2.24) is 10.6 Å². The summed E-state index contributed by atoms with van der Waals surface area (Å²) in [6.45, 7) is 3.14. The van der Waals surface area contributed by atoms with Crippen molar-refractivity contribution in [2.24, 2.45) is 0 Å². The largest absolute Gasteiger partial charge is 0.353 e.